The fourth-order valence-electron chi connectivity index (χ4n) is 1.74. The lowest BCUT2D eigenvalue weighted by molar-refractivity contribution is -0.144. The van der Waals surface area contributed by atoms with Gasteiger partial charge in [-0.25, -0.2) is 0 Å². The predicted molar refractivity (Wildman–Crippen MR) is 45.8 cm³/mol. The lowest BCUT2D eigenvalue weighted by Gasteiger charge is -2.16. The van der Waals surface area contributed by atoms with Crippen LogP contribution in [0.25, 0.3) is 0 Å². The van der Waals surface area contributed by atoms with E-state index in [1.165, 1.54) is 18.7 Å². The number of imide groups is 1. The zero-order valence-corrected chi connectivity index (χ0v) is 8.03. The second-order valence-electron chi connectivity index (χ2n) is 3.48. The van der Waals surface area contributed by atoms with Crippen molar-refractivity contribution in [3.63, 3.8) is 0 Å². The summed E-state index contributed by atoms with van der Waals surface area (Å²) in [6.07, 6.45) is 0.466. The summed E-state index contributed by atoms with van der Waals surface area (Å²) in [5, 5.41) is 0. The van der Waals surface area contributed by atoms with E-state index in [1.54, 1.807) is 6.92 Å². The zero-order valence-electron chi connectivity index (χ0n) is 8.03. The fraction of sp³-hybridized carbons (Fsp3) is 0.667. The number of amides is 2. The van der Waals surface area contributed by atoms with E-state index in [1.807, 2.05) is 0 Å². The fourth-order valence-corrected chi connectivity index (χ4v) is 1.74. The van der Waals surface area contributed by atoms with Crippen LogP contribution in [-0.2, 0) is 14.4 Å². The van der Waals surface area contributed by atoms with Crippen LogP contribution in [0, 0.1) is 5.92 Å². The molecule has 2 atom stereocenters. The van der Waals surface area contributed by atoms with E-state index in [9.17, 15) is 14.4 Å². The summed E-state index contributed by atoms with van der Waals surface area (Å²) in [4.78, 5) is 34.7. The van der Waals surface area contributed by atoms with Crippen LogP contribution in [-0.4, -0.2) is 28.5 Å². The normalized spacial score (nSPS) is 27.9. The molecule has 2 unspecified atom stereocenters. The third kappa shape index (κ3) is 1.61. The van der Waals surface area contributed by atoms with Crippen LogP contribution >= 0.6 is 0 Å². The summed E-state index contributed by atoms with van der Waals surface area (Å²) in [5.41, 5.74) is 0. The molecule has 1 saturated heterocycles. The number of Topliss-reactive ketones (excluding diaryl/α,β-unsaturated/α-hetero) is 1. The van der Waals surface area contributed by atoms with Gasteiger partial charge in [-0.3, -0.25) is 19.3 Å². The summed E-state index contributed by atoms with van der Waals surface area (Å²) in [5.74, 6) is -1.37. The van der Waals surface area contributed by atoms with Gasteiger partial charge in [0.15, 0.2) is 0 Å². The van der Waals surface area contributed by atoms with E-state index in [-0.39, 0.29) is 23.6 Å². The Kier molecular flexibility index (Phi) is 2.50. The van der Waals surface area contributed by atoms with Crippen molar-refractivity contribution in [2.24, 2.45) is 5.92 Å². The number of carbonyl (C=O) groups excluding carboxylic acids is 3. The molecule has 4 nitrogen and oxygen atoms in total. The van der Waals surface area contributed by atoms with Crippen LogP contribution in [0.2, 0.25) is 0 Å². The molecule has 0 N–H and O–H groups in total. The van der Waals surface area contributed by atoms with Crippen LogP contribution in [0.5, 0.6) is 0 Å². The van der Waals surface area contributed by atoms with Crippen LogP contribution in [0.15, 0.2) is 0 Å². The second-order valence-corrected chi connectivity index (χ2v) is 3.48. The third-order valence-corrected chi connectivity index (χ3v) is 2.38. The quantitative estimate of drug-likeness (QED) is 0.551. The Morgan fingerprint density at radius 3 is 2.15 bits per heavy atom. The van der Waals surface area contributed by atoms with Crippen molar-refractivity contribution in [3.8, 4) is 0 Å². The van der Waals surface area contributed by atoms with E-state index < -0.39 is 5.92 Å². The molecule has 13 heavy (non-hydrogen) atoms. The van der Waals surface area contributed by atoms with Gasteiger partial charge in [-0.2, -0.15) is 0 Å². The van der Waals surface area contributed by atoms with E-state index in [0.717, 1.165) is 0 Å². The monoisotopic (exact) mass is 183 g/mol. The molecule has 1 fully saturated rings. The number of rotatable bonds is 1. The Hall–Kier alpha value is -1.19. The maximum atomic E-state index is 11.5. The number of nitrogens with zero attached hydrogens (tertiary/aromatic N) is 1. The molecule has 72 valence electrons. The average Bonchev–Trinajstić information content (AvgIpc) is 2.26. The van der Waals surface area contributed by atoms with Crippen LogP contribution in [0.4, 0.5) is 0 Å². The Balaban J connectivity index is 2.87. The molecule has 2 amide bonds. The average molecular weight is 183 g/mol. The topological polar surface area (TPSA) is 54.5 Å². The Morgan fingerprint density at radius 1 is 1.38 bits per heavy atom. The predicted octanol–water partition coefficient (Wildman–Crippen LogP) is 0.359. The number of likely N-dealkylation sites (tertiary alicyclic amines) is 1. The van der Waals surface area contributed by atoms with Crippen LogP contribution in [0.3, 0.4) is 0 Å². The van der Waals surface area contributed by atoms with Crippen LogP contribution < -0.4 is 0 Å². The summed E-state index contributed by atoms with van der Waals surface area (Å²) in [7, 11) is 0. The van der Waals surface area contributed by atoms with Crippen molar-refractivity contribution in [1.82, 2.24) is 4.90 Å². The molecule has 0 aromatic rings. The van der Waals surface area contributed by atoms with Gasteiger partial charge < -0.3 is 0 Å². The molecule has 0 aromatic heterocycles. The highest BCUT2D eigenvalue weighted by molar-refractivity contribution is 6.08. The molecule has 0 saturated carbocycles. The van der Waals surface area contributed by atoms with Gasteiger partial charge in [0.1, 0.15) is 5.78 Å². The summed E-state index contributed by atoms with van der Waals surface area (Å²) in [6.45, 7) is 4.51. The Morgan fingerprint density at radius 2 is 1.92 bits per heavy atom. The molecule has 1 rings (SSSR count). The standard InChI is InChI=1S/C9H13NO3/c1-5-4-8(6(2)11)9(13)10(5)7(3)12/h5,8H,4H2,1-3H3. The van der Waals surface area contributed by atoms with E-state index in [4.69, 9.17) is 0 Å². The van der Waals surface area contributed by atoms with Crippen molar-refractivity contribution < 1.29 is 14.4 Å². The minimum Gasteiger partial charge on any atom is -0.299 e. The molecule has 1 aliphatic rings. The van der Waals surface area contributed by atoms with Gasteiger partial charge in [0.05, 0.1) is 5.92 Å². The van der Waals surface area contributed by atoms with Crippen molar-refractivity contribution in [1.29, 1.82) is 0 Å². The zero-order chi connectivity index (χ0) is 10.2. The molecule has 1 aliphatic heterocycles. The molecular formula is C9H13NO3. The first-order chi connectivity index (χ1) is 5.95. The highest BCUT2D eigenvalue weighted by Gasteiger charge is 2.41. The van der Waals surface area contributed by atoms with Gasteiger partial charge in [0.25, 0.3) is 0 Å². The van der Waals surface area contributed by atoms with Gasteiger partial charge in [-0.15, -0.1) is 0 Å². The molecule has 1 heterocycles. The first-order valence-electron chi connectivity index (χ1n) is 4.29. The van der Waals surface area contributed by atoms with Crippen molar-refractivity contribution in [2.75, 3.05) is 0 Å². The van der Waals surface area contributed by atoms with Crippen molar-refractivity contribution in [3.05, 3.63) is 0 Å². The number of carbonyl (C=O) groups is 3. The SMILES string of the molecule is CC(=O)C1CC(C)N(C(C)=O)C1=O. The molecule has 0 aliphatic carbocycles. The van der Waals surface area contributed by atoms with E-state index >= 15 is 0 Å². The largest absolute Gasteiger partial charge is 0.299 e. The number of ketones is 1. The molecule has 0 bridgehead atoms. The summed E-state index contributed by atoms with van der Waals surface area (Å²) < 4.78 is 0. The Bertz CT molecular complexity index is 272. The minimum absolute atomic E-state index is 0.140. The molecule has 0 spiro atoms. The van der Waals surface area contributed by atoms with Gasteiger partial charge >= 0.3 is 0 Å². The van der Waals surface area contributed by atoms with Gasteiger partial charge in [-0.1, -0.05) is 0 Å². The van der Waals surface area contributed by atoms with Crippen LogP contribution in [0.1, 0.15) is 27.2 Å². The Labute approximate surface area is 76.9 Å². The van der Waals surface area contributed by atoms with E-state index in [0.29, 0.717) is 6.42 Å². The van der Waals surface area contributed by atoms with Gasteiger partial charge in [-0.05, 0) is 20.3 Å². The lowest BCUT2D eigenvalue weighted by Crippen LogP contribution is -2.37. The second kappa shape index (κ2) is 3.28. The highest BCUT2D eigenvalue weighted by Crippen LogP contribution is 2.24. The maximum Gasteiger partial charge on any atom is 0.240 e. The number of hydrogen-bond donors (Lipinski definition) is 0. The minimum atomic E-state index is -0.598. The van der Waals surface area contributed by atoms with E-state index in [2.05, 4.69) is 0 Å². The smallest absolute Gasteiger partial charge is 0.240 e. The summed E-state index contributed by atoms with van der Waals surface area (Å²) >= 11 is 0. The van der Waals surface area contributed by atoms with Gasteiger partial charge in [0, 0.05) is 13.0 Å². The first-order valence-corrected chi connectivity index (χ1v) is 4.29. The summed E-state index contributed by atoms with van der Waals surface area (Å²) in [6, 6.07) is -0.140. The molecule has 0 aromatic carbocycles. The highest BCUT2D eigenvalue weighted by atomic mass is 16.2. The van der Waals surface area contributed by atoms with Crippen molar-refractivity contribution in [2.45, 2.75) is 33.2 Å². The third-order valence-electron chi connectivity index (χ3n) is 2.38. The maximum absolute atomic E-state index is 11.5. The molecule has 4 heteroatoms. The van der Waals surface area contributed by atoms with Gasteiger partial charge in [0.2, 0.25) is 11.8 Å². The van der Waals surface area contributed by atoms with Crippen molar-refractivity contribution >= 4 is 17.6 Å². The number of hydrogen-bond acceptors (Lipinski definition) is 3. The molecular weight excluding hydrogens is 170 g/mol. The lowest BCUT2D eigenvalue weighted by atomic mass is 10.0. The molecule has 0 radical (unpaired) electrons. The first kappa shape index (κ1) is 9.89.